The molecule has 220 valence electrons. The van der Waals surface area contributed by atoms with Crippen molar-refractivity contribution in [1.82, 2.24) is 9.66 Å². The minimum Gasteiger partial charge on any atom is -0.494 e. The van der Waals surface area contributed by atoms with E-state index in [4.69, 9.17) is 19.2 Å². The van der Waals surface area contributed by atoms with Crippen molar-refractivity contribution in [3.8, 4) is 28.6 Å². The lowest BCUT2D eigenvalue weighted by molar-refractivity contribution is 0.284. The number of rotatable bonds is 10. The van der Waals surface area contributed by atoms with Crippen LogP contribution in [0.15, 0.2) is 88.8 Å². The summed E-state index contributed by atoms with van der Waals surface area (Å²) < 4.78 is 32.0. The molecule has 8 heteroatoms. The predicted molar refractivity (Wildman–Crippen MR) is 168 cm³/mol. The lowest BCUT2D eigenvalue weighted by Crippen LogP contribution is -2.21. The first-order valence-electron chi connectivity index (χ1n) is 14.2. The average molecular weight is 580 g/mol. The first kappa shape index (κ1) is 29.5. The van der Waals surface area contributed by atoms with Gasteiger partial charge >= 0.3 is 0 Å². The number of nitrogens with zero attached hydrogens (tertiary/aromatic N) is 3. The Balaban J connectivity index is 1.55. The Kier molecular flexibility index (Phi) is 8.85. The van der Waals surface area contributed by atoms with Gasteiger partial charge < -0.3 is 14.2 Å². The lowest BCUT2D eigenvalue weighted by Gasteiger charge is -2.18. The van der Waals surface area contributed by atoms with E-state index in [1.54, 1.807) is 43.7 Å². The van der Waals surface area contributed by atoms with Crippen LogP contribution < -0.4 is 19.8 Å². The Hall–Kier alpha value is -4.98. The van der Waals surface area contributed by atoms with E-state index < -0.39 is 0 Å². The van der Waals surface area contributed by atoms with Crippen molar-refractivity contribution in [3.05, 3.63) is 117 Å². The smallest absolute Gasteiger partial charge is 0.282 e. The van der Waals surface area contributed by atoms with Gasteiger partial charge in [0, 0.05) is 5.56 Å². The molecule has 0 atom stereocenters. The minimum atomic E-state index is -0.299. The Bertz CT molecular complexity index is 1850. The number of hydrogen-bond donors (Lipinski definition) is 0. The van der Waals surface area contributed by atoms with Gasteiger partial charge in [-0.15, -0.1) is 0 Å². The van der Waals surface area contributed by atoms with Crippen LogP contribution in [0.1, 0.15) is 48.9 Å². The molecule has 0 bridgehead atoms. The molecule has 0 N–H and O–H groups in total. The third-order valence-electron chi connectivity index (χ3n) is 7.09. The summed E-state index contributed by atoms with van der Waals surface area (Å²) in [6, 6.07) is 22.8. The van der Waals surface area contributed by atoms with Gasteiger partial charge in [-0.3, -0.25) is 4.79 Å². The van der Waals surface area contributed by atoms with Crippen LogP contribution in [0.5, 0.6) is 17.2 Å². The molecule has 0 aliphatic heterocycles. The second-order valence-corrected chi connectivity index (χ2v) is 10.4. The quantitative estimate of drug-likeness (QED) is 0.160. The number of ether oxygens (including phenoxy) is 3. The van der Waals surface area contributed by atoms with Gasteiger partial charge in [-0.05, 0) is 96.6 Å². The maximum atomic E-state index is 13.8. The Morgan fingerprint density at radius 3 is 2.44 bits per heavy atom. The molecule has 0 unspecified atom stereocenters. The minimum absolute atomic E-state index is 0.196. The van der Waals surface area contributed by atoms with E-state index in [1.165, 1.54) is 16.8 Å². The zero-order valence-corrected chi connectivity index (χ0v) is 24.9. The fraction of sp³-hybridized carbons (Fsp3) is 0.229. The van der Waals surface area contributed by atoms with Crippen molar-refractivity contribution in [1.29, 1.82) is 0 Å². The van der Waals surface area contributed by atoms with Gasteiger partial charge in [-0.2, -0.15) is 9.78 Å². The van der Waals surface area contributed by atoms with Gasteiger partial charge in [0.1, 0.15) is 18.2 Å². The molecular formula is C35H34FN3O4. The number of aromatic nitrogens is 2. The number of methoxy groups -OCH3 is 1. The number of benzene rings is 4. The summed E-state index contributed by atoms with van der Waals surface area (Å²) in [5.74, 6) is 2.19. The third kappa shape index (κ3) is 6.43. The Labute approximate surface area is 250 Å². The molecule has 0 saturated heterocycles. The second-order valence-electron chi connectivity index (χ2n) is 10.4. The van der Waals surface area contributed by atoms with Crippen molar-refractivity contribution >= 4 is 17.1 Å². The monoisotopic (exact) mass is 579 g/mol. The molecule has 0 amide bonds. The van der Waals surface area contributed by atoms with Crippen LogP contribution in [0.3, 0.4) is 0 Å². The molecule has 0 aliphatic rings. The van der Waals surface area contributed by atoms with Crippen molar-refractivity contribution < 1.29 is 18.6 Å². The number of halogens is 1. The highest BCUT2D eigenvalue weighted by Gasteiger charge is 2.18. The van der Waals surface area contributed by atoms with Crippen LogP contribution in [0.4, 0.5) is 4.39 Å². The summed E-state index contributed by atoms with van der Waals surface area (Å²) in [5.41, 5.74) is 4.59. The Morgan fingerprint density at radius 1 is 0.953 bits per heavy atom. The molecule has 1 aromatic heterocycles. The largest absolute Gasteiger partial charge is 0.494 e. The van der Waals surface area contributed by atoms with Crippen molar-refractivity contribution in [2.24, 2.45) is 5.10 Å². The highest BCUT2D eigenvalue weighted by atomic mass is 19.1. The molecule has 0 saturated carbocycles. The van der Waals surface area contributed by atoms with Crippen molar-refractivity contribution in [3.63, 3.8) is 0 Å². The van der Waals surface area contributed by atoms with Gasteiger partial charge in [0.25, 0.3) is 5.56 Å². The average Bonchev–Trinajstić information content (AvgIpc) is 3.00. The molecule has 0 radical (unpaired) electrons. The number of aryl methyl sites for hydroxylation is 1. The summed E-state index contributed by atoms with van der Waals surface area (Å²) >= 11 is 0. The van der Waals surface area contributed by atoms with Crippen LogP contribution in [0.25, 0.3) is 22.3 Å². The van der Waals surface area contributed by atoms with Crippen molar-refractivity contribution in [2.75, 3.05) is 13.7 Å². The highest BCUT2D eigenvalue weighted by Crippen LogP contribution is 2.34. The zero-order chi connectivity index (χ0) is 30.5. The van der Waals surface area contributed by atoms with Gasteiger partial charge in [0.05, 0.1) is 30.8 Å². The van der Waals surface area contributed by atoms with Gasteiger partial charge in [-0.1, -0.05) is 38.1 Å². The number of hydrogen-bond acceptors (Lipinski definition) is 6. The predicted octanol–water partition coefficient (Wildman–Crippen LogP) is 7.50. The van der Waals surface area contributed by atoms with E-state index in [-0.39, 0.29) is 23.9 Å². The van der Waals surface area contributed by atoms with Crippen LogP contribution in [0, 0.1) is 12.7 Å². The molecule has 1 heterocycles. The molecule has 5 aromatic rings. The maximum Gasteiger partial charge on any atom is 0.282 e. The van der Waals surface area contributed by atoms with E-state index in [9.17, 15) is 9.18 Å². The van der Waals surface area contributed by atoms with Gasteiger partial charge in [-0.25, -0.2) is 9.37 Å². The summed E-state index contributed by atoms with van der Waals surface area (Å²) in [7, 11) is 1.55. The zero-order valence-electron chi connectivity index (χ0n) is 24.9. The first-order valence-corrected chi connectivity index (χ1v) is 14.2. The van der Waals surface area contributed by atoms with Crippen LogP contribution in [0.2, 0.25) is 0 Å². The molecule has 5 rings (SSSR count). The standard InChI is InChI=1S/C35H34FN3O4/c1-6-42-32-17-23(4)29(19-28(32)22(2)3)34-38-30-10-8-7-9-27(30)35(40)39(34)37-20-25-13-16-31(33(18-25)41-5)43-21-24-11-14-26(36)15-12-24/h7-20,22H,6,21H2,1-5H3. The highest BCUT2D eigenvalue weighted by molar-refractivity contribution is 5.83. The summed E-state index contributed by atoms with van der Waals surface area (Å²) in [6.07, 6.45) is 1.60. The van der Waals surface area contributed by atoms with E-state index in [1.807, 2.05) is 50.2 Å². The van der Waals surface area contributed by atoms with Gasteiger partial charge in [0.2, 0.25) is 0 Å². The normalized spacial score (nSPS) is 11.4. The fourth-order valence-corrected chi connectivity index (χ4v) is 4.83. The number of fused-ring (bicyclic) bond motifs is 1. The van der Waals surface area contributed by atoms with Gasteiger partial charge in [0.15, 0.2) is 17.3 Å². The van der Waals surface area contributed by atoms with E-state index >= 15 is 0 Å². The molecule has 43 heavy (non-hydrogen) atoms. The third-order valence-corrected chi connectivity index (χ3v) is 7.09. The molecule has 0 fully saturated rings. The Morgan fingerprint density at radius 2 is 1.72 bits per heavy atom. The van der Waals surface area contributed by atoms with E-state index in [0.717, 1.165) is 28.0 Å². The van der Waals surface area contributed by atoms with Crippen LogP contribution >= 0.6 is 0 Å². The van der Waals surface area contributed by atoms with E-state index in [2.05, 4.69) is 18.9 Å². The van der Waals surface area contributed by atoms with Crippen LogP contribution in [-0.2, 0) is 6.61 Å². The van der Waals surface area contributed by atoms with Crippen LogP contribution in [-0.4, -0.2) is 29.6 Å². The SMILES string of the molecule is CCOc1cc(C)c(-c2nc3ccccc3c(=O)n2N=Cc2ccc(OCc3ccc(F)cc3)c(OC)c2)cc1C(C)C. The molecule has 0 spiro atoms. The topological polar surface area (TPSA) is 74.9 Å². The summed E-state index contributed by atoms with van der Waals surface area (Å²) in [4.78, 5) is 18.7. The first-order chi connectivity index (χ1) is 20.8. The van der Waals surface area contributed by atoms with E-state index in [0.29, 0.717) is 40.4 Å². The van der Waals surface area contributed by atoms with Crippen molar-refractivity contribution in [2.45, 2.75) is 40.2 Å². The lowest BCUT2D eigenvalue weighted by atomic mass is 9.96. The molecule has 0 aliphatic carbocycles. The summed E-state index contributed by atoms with van der Waals surface area (Å²) in [6.45, 7) is 8.97. The molecule has 7 nitrogen and oxygen atoms in total. The number of para-hydroxylation sites is 1. The summed E-state index contributed by atoms with van der Waals surface area (Å²) in [5, 5.41) is 5.11. The maximum absolute atomic E-state index is 13.8. The second kappa shape index (κ2) is 12.9. The molecular weight excluding hydrogens is 545 g/mol. The molecule has 4 aromatic carbocycles. The fourth-order valence-electron chi connectivity index (χ4n) is 4.83.